The summed E-state index contributed by atoms with van der Waals surface area (Å²) in [5.41, 5.74) is 1.60. The molecule has 0 aliphatic rings. The van der Waals surface area contributed by atoms with Crippen LogP contribution in [-0.4, -0.2) is 37.4 Å². The molecule has 1 aromatic heterocycles. The van der Waals surface area contributed by atoms with E-state index in [9.17, 15) is 9.59 Å². The molecular formula is C18H18N2O3. The van der Waals surface area contributed by atoms with Crippen molar-refractivity contribution in [3.8, 4) is 0 Å². The van der Waals surface area contributed by atoms with Gasteiger partial charge in [-0.15, -0.1) is 0 Å². The molecule has 118 valence electrons. The highest BCUT2D eigenvalue weighted by Crippen LogP contribution is 2.30. The Hall–Kier alpha value is -2.82. The summed E-state index contributed by atoms with van der Waals surface area (Å²) < 4.78 is 5.59. The van der Waals surface area contributed by atoms with Crippen molar-refractivity contribution in [2.45, 2.75) is 6.42 Å². The molecule has 2 amide bonds. The van der Waals surface area contributed by atoms with Gasteiger partial charge in [0.2, 0.25) is 11.8 Å². The molecule has 0 fully saturated rings. The van der Waals surface area contributed by atoms with E-state index in [-0.39, 0.29) is 24.8 Å². The zero-order valence-electron chi connectivity index (χ0n) is 13.1. The molecule has 0 unspecified atom stereocenters. The van der Waals surface area contributed by atoms with Crippen LogP contribution in [0.2, 0.25) is 0 Å². The number of rotatable bonds is 4. The van der Waals surface area contributed by atoms with Crippen LogP contribution in [0.4, 0.5) is 0 Å². The lowest BCUT2D eigenvalue weighted by atomic mass is 10.0. The van der Waals surface area contributed by atoms with E-state index in [2.05, 4.69) is 5.32 Å². The number of amides is 2. The molecule has 0 spiro atoms. The number of benzene rings is 2. The third-order valence-electron chi connectivity index (χ3n) is 3.97. The lowest BCUT2D eigenvalue weighted by molar-refractivity contribution is -0.134. The molecule has 5 nitrogen and oxygen atoms in total. The Bertz CT molecular complexity index is 882. The minimum absolute atomic E-state index is 0.0475. The molecule has 0 bridgehead atoms. The Morgan fingerprint density at radius 3 is 2.74 bits per heavy atom. The fraction of sp³-hybridized carbons (Fsp3) is 0.222. The second kappa shape index (κ2) is 6.12. The van der Waals surface area contributed by atoms with E-state index in [1.54, 1.807) is 20.4 Å². The molecule has 23 heavy (non-hydrogen) atoms. The first kappa shape index (κ1) is 15.1. The van der Waals surface area contributed by atoms with Crippen molar-refractivity contribution in [1.82, 2.24) is 10.2 Å². The zero-order valence-corrected chi connectivity index (χ0v) is 13.1. The monoisotopic (exact) mass is 310 g/mol. The summed E-state index contributed by atoms with van der Waals surface area (Å²) in [4.78, 5) is 25.2. The highest BCUT2D eigenvalue weighted by Gasteiger charge is 2.17. The van der Waals surface area contributed by atoms with Crippen molar-refractivity contribution < 1.29 is 14.0 Å². The van der Waals surface area contributed by atoms with E-state index >= 15 is 0 Å². The van der Waals surface area contributed by atoms with Crippen LogP contribution in [0.25, 0.3) is 21.7 Å². The third-order valence-corrected chi connectivity index (χ3v) is 3.97. The summed E-state index contributed by atoms with van der Waals surface area (Å²) in [5, 5.41) is 5.65. The van der Waals surface area contributed by atoms with Crippen LogP contribution in [0.5, 0.6) is 0 Å². The number of hydrogen-bond acceptors (Lipinski definition) is 3. The minimum Gasteiger partial charge on any atom is -0.464 e. The summed E-state index contributed by atoms with van der Waals surface area (Å²) in [6.07, 6.45) is 1.83. The summed E-state index contributed by atoms with van der Waals surface area (Å²) in [5.74, 6) is -0.312. The minimum atomic E-state index is -0.191. The maximum atomic E-state index is 12.3. The van der Waals surface area contributed by atoms with Crippen molar-refractivity contribution in [3.63, 3.8) is 0 Å². The van der Waals surface area contributed by atoms with Gasteiger partial charge in [-0.05, 0) is 16.8 Å². The highest BCUT2D eigenvalue weighted by molar-refractivity contribution is 6.08. The van der Waals surface area contributed by atoms with Gasteiger partial charge in [-0.2, -0.15) is 0 Å². The Morgan fingerprint density at radius 1 is 1.17 bits per heavy atom. The van der Waals surface area contributed by atoms with Crippen LogP contribution < -0.4 is 5.32 Å². The molecule has 2 aromatic carbocycles. The van der Waals surface area contributed by atoms with E-state index in [1.807, 2.05) is 36.4 Å². The molecule has 1 heterocycles. The quantitative estimate of drug-likeness (QED) is 0.804. The van der Waals surface area contributed by atoms with Crippen LogP contribution in [0.15, 0.2) is 47.1 Å². The van der Waals surface area contributed by atoms with Gasteiger partial charge in [0.05, 0.1) is 19.2 Å². The smallest absolute Gasteiger partial charge is 0.239 e. The normalized spacial score (nSPS) is 10.9. The lowest BCUT2D eigenvalue weighted by Crippen LogP contribution is -2.37. The number of nitrogens with zero attached hydrogens (tertiary/aromatic N) is 1. The van der Waals surface area contributed by atoms with Crippen LogP contribution >= 0.6 is 0 Å². The summed E-state index contributed by atoms with van der Waals surface area (Å²) in [6, 6.07) is 11.9. The van der Waals surface area contributed by atoms with Gasteiger partial charge >= 0.3 is 0 Å². The van der Waals surface area contributed by atoms with E-state index in [1.165, 1.54) is 4.90 Å². The standard InChI is InChI=1S/C18H18N2O3/c1-19-16(21)10-20(2)17(22)9-13-11-23-15-8-7-12-5-3-4-6-14(12)18(13)15/h3-8,11H,9-10H2,1-2H3,(H,19,21). The van der Waals surface area contributed by atoms with Gasteiger partial charge in [0, 0.05) is 25.0 Å². The Labute approximate surface area is 133 Å². The van der Waals surface area contributed by atoms with Gasteiger partial charge < -0.3 is 14.6 Å². The van der Waals surface area contributed by atoms with Crippen LogP contribution in [0.1, 0.15) is 5.56 Å². The van der Waals surface area contributed by atoms with Crippen LogP contribution in [0.3, 0.4) is 0 Å². The topological polar surface area (TPSA) is 62.6 Å². The number of fused-ring (bicyclic) bond motifs is 3. The average Bonchev–Trinajstić information content (AvgIpc) is 2.98. The lowest BCUT2D eigenvalue weighted by Gasteiger charge is -2.15. The maximum absolute atomic E-state index is 12.3. The van der Waals surface area contributed by atoms with Gasteiger partial charge in [-0.1, -0.05) is 30.3 Å². The number of hydrogen-bond donors (Lipinski definition) is 1. The summed E-state index contributed by atoms with van der Waals surface area (Å²) in [7, 11) is 3.17. The fourth-order valence-electron chi connectivity index (χ4n) is 2.69. The van der Waals surface area contributed by atoms with Crippen molar-refractivity contribution in [3.05, 3.63) is 48.2 Å². The first-order chi connectivity index (χ1) is 11.1. The van der Waals surface area contributed by atoms with E-state index < -0.39 is 0 Å². The molecule has 0 aliphatic heterocycles. The fourth-order valence-corrected chi connectivity index (χ4v) is 2.69. The second-order valence-corrected chi connectivity index (χ2v) is 5.52. The molecular weight excluding hydrogens is 292 g/mol. The molecule has 3 rings (SSSR count). The first-order valence-corrected chi connectivity index (χ1v) is 7.42. The van der Waals surface area contributed by atoms with E-state index in [0.717, 1.165) is 27.3 Å². The van der Waals surface area contributed by atoms with Gasteiger partial charge in [0.25, 0.3) is 0 Å². The van der Waals surface area contributed by atoms with Gasteiger partial charge in [0.1, 0.15) is 5.58 Å². The molecule has 3 aromatic rings. The van der Waals surface area contributed by atoms with Gasteiger partial charge in [0.15, 0.2) is 0 Å². The highest BCUT2D eigenvalue weighted by atomic mass is 16.3. The first-order valence-electron chi connectivity index (χ1n) is 7.42. The number of furan rings is 1. The van der Waals surface area contributed by atoms with Crippen molar-refractivity contribution in [2.75, 3.05) is 20.6 Å². The summed E-state index contributed by atoms with van der Waals surface area (Å²) in [6.45, 7) is 0.0475. The van der Waals surface area contributed by atoms with Crippen LogP contribution in [0, 0.1) is 0 Å². The van der Waals surface area contributed by atoms with Gasteiger partial charge in [-0.3, -0.25) is 9.59 Å². The maximum Gasteiger partial charge on any atom is 0.239 e. The van der Waals surface area contributed by atoms with Crippen molar-refractivity contribution in [2.24, 2.45) is 0 Å². The number of carbonyl (C=O) groups is 2. The van der Waals surface area contributed by atoms with Crippen LogP contribution in [-0.2, 0) is 16.0 Å². The Morgan fingerprint density at radius 2 is 1.96 bits per heavy atom. The van der Waals surface area contributed by atoms with E-state index in [4.69, 9.17) is 4.42 Å². The number of nitrogens with one attached hydrogen (secondary N) is 1. The summed E-state index contributed by atoms with van der Waals surface area (Å²) >= 11 is 0. The molecule has 0 atom stereocenters. The van der Waals surface area contributed by atoms with Crippen molar-refractivity contribution >= 4 is 33.6 Å². The number of carbonyl (C=O) groups excluding carboxylic acids is 2. The van der Waals surface area contributed by atoms with Crippen molar-refractivity contribution in [1.29, 1.82) is 0 Å². The zero-order chi connectivity index (χ0) is 16.4. The molecule has 5 heteroatoms. The molecule has 0 aliphatic carbocycles. The predicted octanol–water partition coefficient (Wildman–Crippen LogP) is 2.33. The third kappa shape index (κ3) is 2.90. The molecule has 1 N–H and O–H groups in total. The molecule has 0 saturated carbocycles. The molecule has 0 saturated heterocycles. The average molecular weight is 310 g/mol. The number of likely N-dealkylation sites (N-methyl/N-ethyl adjacent to an activating group) is 2. The Kier molecular flexibility index (Phi) is 4.02. The van der Waals surface area contributed by atoms with Gasteiger partial charge in [-0.25, -0.2) is 0 Å². The van der Waals surface area contributed by atoms with E-state index in [0.29, 0.717) is 0 Å². The second-order valence-electron chi connectivity index (χ2n) is 5.52. The molecule has 0 radical (unpaired) electrons. The predicted molar refractivity (Wildman–Crippen MR) is 89.1 cm³/mol. The SMILES string of the molecule is CNC(=O)CN(C)C(=O)Cc1coc2ccc3ccccc3c12. The largest absolute Gasteiger partial charge is 0.464 e. The Balaban J connectivity index is 1.93.